The van der Waals surface area contributed by atoms with Crippen LogP contribution in [0, 0.1) is 0 Å². The number of morpholine rings is 1. The topological polar surface area (TPSA) is 51.5 Å². The Kier molecular flexibility index (Phi) is 6.66. The van der Waals surface area contributed by atoms with Crippen molar-refractivity contribution in [2.24, 2.45) is 0 Å². The smallest absolute Gasteiger partial charge is 0.123 e. The van der Waals surface area contributed by atoms with Crippen LogP contribution in [0.2, 0.25) is 0 Å². The Morgan fingerprint density at radius 2 is 2.08 bits per heavy atom. The third-order valence-electron chi connectivity index (χ3n) is 4.88. The third kappa shape index (κ3) is 4.84. The highest BCUT2D eigenvalue weighted by Crippen LogP contribution is 2.22. The first kappa shape index (κ1) is 18.9. The second kappa shape index (κ2) is 9.16. The van der Waals surface area contributed by atoms with E-state index in [1.165, 1.54) is 11.1 Å². The van der Waals surface area contributed by atoms with E-state index in [0.717, 1.165) is 57.4 Å². The van der Waals surface area contributed by atoms with Gasteiger partial charge in [0.2, 0.25) is 0 Å². The Labute approximate surface area is 156 Å². The maximum Gasteiger partial charge on any atom is 0.123 e. The summed E-state index contributed by atoms with van der Waals surface area (Å²) in [5, 5.41) is 8.15. The molecule has 1 N–H and O–H groups in total. The number of nitrogens with one attached hydrogen (secondary N) is 1. The number of hydrogen-bond donors (Lipinski definition) is 1. The fraction of sp³-hybridized carbons (Fsp3) is 0.550. The molecule has 2 heterocycles. The molecule has 0 bridgehead atoms. The Bertz CT molecular complexity index is 695. The van der Waals surface area contributed by atoms with Crippen molar-refractivity contribution in [3.63, 3.8) is 0 Å². The van der Waals surface area contributed by atoms with E-state index in [4.69, 9.17) is 9.47 Å². The highest BCUT2D eigenvalue weighted by Gasteiger charge is 2.14. The van der Waals surface area contributed by atoms with Crippen LogP contribution in [0.3, 0.4) is 0 Å². The lowest BCUT2D eigenvalue weighted by Crippen LogP contribution is -2.35. The molecule has 6 nitrogen and oxygen atoms in total. The van der Waals surface area contributed by atoms with Crippen LogP contribution in [0.15, 0.2) is 30.5 Å². The molecule has 6 heteroatoms. The van der Waals surface area contributed by atoms with E-state index < -0.39 is 0 Å². The number of benzene rings is 1. The van der Waals surface area contributed by atoms with Gasteiger partial charge in [0.1, 0.15) is 5.75 Å². The molecule has 0 aliphatic carbocycles. The summed E-state index contributed by atoms with van der Waals surface area (Å²) >= 11 is 0. The van der Waals surface area contributed by atoms with Gasteiger partial charge in [0, 0.05) is 50.5 Å². The number of hydrogen-bond acceptors (Lipinski definition) is 5. The number of aryl methyl sites for hydroxylation is 1. The fourth-order valence-corrected chi connectivity index (χ4v) is 3.23. The Balaban J connectivity index is 1.62. The van der Waals surface area contributed by atoms with E-state index in [9.17, 15) is 0 Å². The van der Waals surface area contributed by atoms with E-state index in [2.05, 4.69) is 53.4 Å². The van der Waals surface area contributed by atoms with Crippen molar-refractivity contribution < 1.29 is 9.47 Å². The maximum absolute atomic E-state index is 5.56. The molecule has 1 unspecified atom stereocenters. The summed E-state index contributed by atoms with van der Waals surface area (Å²) in [6.45, 7) is 10.4. The molecule has 0 saturated carbocycles. The van der Waals surface area contributed by atoms with Crippen molar-refractivity contribution in [3.8, 4) is 5.75 Å². The molecule has 26 heavy (non-hydrogen) atoms. The molecule has 1 aliphatic rings. The average Bonchev–Trinajstić information content (AvgIpc) is 3.16. The Hall–Kier alpha value is -1.89. The van der Waals surface area contributed by atoms with E-state index in [1.54, 1.807) is 7.11 Å². The minimum atomic E-state index is 0.215. The second-order valence-corrected chi connectivity index (χ2v) is 6.73. The van der Waals surface area contributed by atoms with Gasteiger partial charge in [-0.05, 0) is 37.6 Å². The SMILES string of the molecule is CCn1ccc(C(C)NCc2ccc(OC)c(CN3CCOCC3)c2)n1. The van der Waals surface area contributed by atoms with Crippen LogP contribution in [-0.2, 0) is 24.4 Å². The first-order valence-electron chi connectivity index (χ1n) is 9.42. The van der Waals surface area contributed by atoms with Crippen LogP contribution in [0.5, 0.6) is 5.75 Å². The maximum atomic E-state index is 5.56. The molecule has 0 radical (unpaired) electrons. The van der Waals surface area contributed by atoms with Crippen molar-refractivity contribution >= 4 is 0 Å². The summed E-state index contributed by atoms with van der Waals surface area (Å²) in [5.74, 6) is 0.954. The van der Waals surface area contributed by atoms with Crippen molar-refractivity contribution in [3.05, 3.63) is 47.3 Å². The van der Waals surface area contributed by atoms with Crippen molar-refractivity contribution in [1.29, 1.82) is 0 Å². The summed E-state index contributed by atoms with van der Waals surface area (Å²) in [6, 6.07) is 8.75. The lowest BCUT2D eigenvalue weighted by Gasteiger charge is -2.27. The van der Waals surface area contributed by atoms with Crippen LogP contribution >= 0.6 is 0 Å². The van der Waals surface area contributed by atoms with Crippen LogP contribution in [0.25, 0.3) is 0 Å². The number of nitrogens with zero attached hydrogens (tertiary/aromatic N) is 3. The van der Waals surface area contributed by atoms with E-state index in [-0.39, 0.29) is 6.04 Å². The number of aromatic nitrogens is 2. The van der Waals surface area contributed by atoms with Gasteiger partial charge in [0.05, 0.1) is 26.0 Å². The zero-order valence-corrected chi connectivity index (χ0v) is 16.1. The van der Waals surface area contributed by atoms with Gasteiger partial charge in [-0.15, -0.1) is 0 Å². The van der Waals surface area contributed by atoms with Crippen molar-refractivity contribution in [1.82, 2.24) is 20.0 Å². The summed E-state index contributed by atoms with van der Waals surface area (Å²) in [7, 11) is 1.74. The molecule has 1 fully saturated rings. The quantitative estimate of drug-likeness (QED) is 0.786. The molecule has 2 aromatic rings. The van der Waals surface area contributed by atoms with E-state index in [0.29, 0.717) is 0 Å². The van der Waals surface area contributed by atoms with Gasteiger partial charge in [-0.25, -0.2) is 0 Å². The molecule has 1 aliphatic heterocycles. The van der Waals surface area contributed by atoms with Gasteiger partial charge < -0.3 is 14.8 Å². The zero-order chi connectivity index (χ0) is 18.4. The highest BCUT2D eigenvalue weighted by molar-refractivity contribution is 5.37. The minimum absolute atomic E-state index is 0.215. The van der Waals surface area contributed by atoms with Gasteiger partial charge in [-0.1, -0.05) is 6.07 Å². The predicted octanol–water partition coefficient (Wildman–Crippen LogP) is 2.59. The summed E-state index contributed by atoms with van der Waals surface area (Å²) in [6.07, 6.45) is 2.03. The van der Waals surface area contributed by atoms with Crippen LogP contribution < -0.4 is 10.1 Å². The third-order valence-corrected chi connectivity index (χ3v) is 4.88. The molecule has 1 atom stereocenters. The van der Waals surface area contributed by atoms with Gasteiger partial charge >= 0.3 is 0 Å². The zero-order valence-electron chi connectivity index (χ0n) is 16.1. The predicted molar refractivity (Wildman–Crippen MR) is 102 cm³/mol. The van der Waals surface area contributed by atoms with Crippen LogP contribution in [0.4, 0.5) is 0 Å². The lowest BCUT2D eigenvalue weighted by molar-refractivity contribution is 0.0339. The summed E-state index contributed by atoms with van der Waals surface area (Å²) < 4.78 is 13.0. The van der Waals surface area contributed by atoms with E-state index >= 15 is 0 Å². The molecular formula is C20H30N4O2. The number of ether oxygens (including phenoxy) is 2. The molecule has 3 rings (SSSR count). The van der Waals surface area contributed by atoms with Crippen LogP contribution in [-0.4, -0.2) is 48.1 Å². The molecule has 1 aromatic heterocycles. The van der Waals surface area contributed by atoms with Crippen molar-refractivity contribution in [2.45, 2.75) is 39.5 Å². The molecule has 0 amide bonds. The molecular weight excluding hydrogens is 328 g/mol. The van der Waals surface area contributed by atoms with Crippen LogP contribution in [0.1, 0.15) is 36.7 Å². The highest BCUT2D eigenvalue weighted by atomic mass is 16.5. The Morgan fingerprint density at radius 3 is 2.77 bits per heavy atom. The Morgan fingerprint density at radius 1 is 1.27 bits per heavy atom. The average molecular weight is 358 g/mol. The lowest BCUT2D eigenvalue weighted by atomic mass is 10.1. The van der Waals surface area contributed by atoms with Gasteiger partial charge in [-0.2, -0.15) is 5.10 Å². The second-order valence-electron chi connectivity index (χ2n) is 6.73. The molecule has 142 valence electrons. The standard InChI is InChI=1S/C20H30N4O2/c1-4-24-8-7-19(22-24)16(2)21-14-17-5-6-20(25-3)18(13-17)15-23-9-11-26-12-10-23/h5-8,13,16,21H,4,9-12,14-15H2,1-3H3. The summed E-state index contributed by atoms with van der Waals surface area (Å²) in [5.41, 5.74) is 3.57. The molecule has 0 spiro atoms. The molecule has 1 saturated heterocycles. The summed E-state index contributed by atoms with van der Waals surface area (Å²) in [4.78, 5) is 2.42. The fourth-order valence-electron chi connectivity index (χ4n) is 3.23. The first-order valence-corrected chi connectivity index (χ1v) is 9.42. The number of rotatable bonds is 8. The minimum Gasteiger partial charge on any atom is -0.496 e. The van der Waals surface area contributed by atoms with E-state index in [1.807, 2.05) is 10.9 Å². The first-order chi connectivity index (χ1) is 12.7. The van der Waals surface area contributed by atoms with Crippen molar-refractivity contribution in [2.75, 3.05) is 33.4 Å². The monoisotopic (exact) mass is 358 g/mol. The number of methoxy groups -OCH3 is 1. The largest absolute Gasteiger partial charge is 0.496 e. The van der Waals surface area contributed by atoms with Gasteiger partial charge in [0.15, 0.2) is 0 Å². The van der Waals surface area contributed by atoms with Gasteiger partial charge in [0.25, 0.3) is 0 Å². The normalized spacial score (nSPS) is 16.6. The molecule has 1 aromatic carbocycles. The van der Waals surface area contributed by atoms with Gasteiger partial charge in [-0.3, -0.25) is 9.58 Å².